The Labute approximate surface area is 94.6 Å². The van der Waals surface area contributed by atoms with E-state index in [1.165, 1.54) is 6.07 Å². The minimum Gasteiger partial charge on any atom is -0.469 e. The van der Waals surface area contributed by atoms with Gasteiger partial charge in [0.1, 0.15) is 23.1 Å². The van der Waals surface area contributed by atoms with Crippen LogP contribution in [0.3, 0.4) is 0 Å². The van der Waals surface area contributed by atoms with Crippen molar-refractivity contribution in [3.05, 3.63) is 28.8 Å². The second-order valence-corrected chi connectivity index (χ2v) is 3.02. The fourth-order valence-electron chi connectivity index (χ4n) is 1.16. The van der Waals surface area contributed by atoms with Gasteiger partial charge in [-0.3, -0.25) is 4.79 Å². The van der Waals surface area contributed by atoms with Gasteiger partial charge in [0, 0.05) is 0 Å². The van der Waals surface area contributed by atoms with Gasteiger partial charge in [-0.15, -0.1) is 0 Å². The third-order valence-electron chi connectivity index (χ3n) is 1.92. The van der Waals surface area contributed by atoms with E-state index < -0.39 is 35.9 Å². The third-order valence-corrected chi connectivity index (χ3v) is 1.92. The van der Waals surface area contributed by atoms with Crippen LogP contribution in [0.5, 0.6) is 0 Å². The molecule has 7 heteroatoms. The lowest BCUT2D eigenvalue weighted by molar-refractivity contribution is -0.139. The molecule has 0 saturated heterocycles. The van der Waals surface area contributed by atoms with Crippen LogP contribution in [0.1, 0.15) is 23.4 Å². The van der Waals surface area contributed by atoms with Gasteiger partial charge in [-0.1, -0.05) is 0 Å². The molecule has 1 rings (SSSR count). The van der Waals surface area contributed by atoms with Crippen LogP contribution in [-0.4, -0.2) is 18.1 Å². The van der Waals surface area contributed by atoms with Gasteiger partial charge >= 0.3 is 5.97 Å². The van der Waals surface area contributed by atoms with Crippen molar-refractivity contribution in [1.29, 1.82) is 5.26 Å². The fourth-order valence-corrected chi connectivity index (χ4v) is 1.16. The van der Waals surface area contributed by atoms with Crippen molar-refractivity contribution in [2.24, 2.45) is 0 Å². The van der Waals surface area contributed by atoms with Gasteiger partial charge in [-0.05, 0) is 6.07 Å². The summed E-state index contributed by atoms with van der Waals surface area (Å²) in [7, 11) is 1.11. The fraction of sp³-hybridized carbons (Fsp3) is 0.300. The summed E-state index contributed by atoms with van der Waals surface area (Å²) in [5.74, 6) is -1.86. The van der Waals surface area contributed by atoms with E-state index in [2.05, 4.69) is 9.72 Å². The molecule has 0 aromatic carbocycles. The maximum Gasteiger partial charge on any atom is 0.311 e. The number of hydrogen-bond acceptors (Lipinski definition) is 4. The number of methoxy groups -OCH3 is 1. The van der Waals surface area contributed by atoms with E-state index in [-0.39, 0.29) is 5.69 Å². The predicted octanol–water partition coefficient (Wildman–Crippen LogP) is 1.75. The van der Waals surface area contributed by atoms with Crippen LogP contribution in [0.4, 0.5) is 13.2 Å². The van der Waals surface area contributed by atoms with E-state index in [1.807, 2.05) is 0 Å². The number of ether oxygens (including phenoxy) is 1. The number of esters is 1. The Morgan fingerprint density at radius 1 is 1.65 bits per heavy atom. The number of hydrogen-bond donors (Lipinski definition) is 0. The third kappa shape index (κ3) is 2.93. The highest BCUT2D eigenvalue weighted by Gasteiger charge is 2.21. The second kappa shape index (κ2) is 5.30. The van der Waals surface area contributed by atoms with Crippen molar-refractivity contribution >= 4 is 5.97 Å². The number of alkyl halides is 2. The summed E-state index contributed by atoms with van der Waals surface area (Å²) in [4.78, 5) is 14.3. The minimum atomic E-state index is -3.09. The number of aromatic nitrogens is 1. The zero-order valence-corrected chi connectivity index (χ0v) is 8.71. The molecule has 1 aromatic rings. The summed E-state index contributed by atoms with van der Waals surface area (Å²) in [6.45, 7) is 0. The van der Waals surface area contributed by atoms with Crippen LogP contribution < -0.4 is 0 Å². The molecule has 1 aromatic heterocycles. The number of pyridine rings is 1. The van der Waals surface area contributed by atoms with Crippen molar-refractivity contribution < 1.29 is 22.7 Å². The zero-order valence-electron chi connectivity index (χ0n) is 8.71. The molecule has 0 aliphatic rings. The molecule has 0 aliphatic carbocycles. The maximum absolute atomic E-state index is 13.3. The molecule has 0 unspecified atom stereocenters. The van der Waals surface area contributed by atoms with Gasteiger partial charge < -0.3 is 4.74 Å². The average Bonchev–Trinajstić information content (AvgIpc) is 2.28. The number of carbonyl (C=O) groups excluding carboxylic acids is 1. The number of nitriles is 1. The summed E-state index contributed by atoms with van der Waals surface area (Å²) in [5, 5.41) is 8.51. The molecule has 0 radical (unpaired) electrons. The smallest absolute Gasteiger partial charge is 0.311 e. The van der Waals surface area contributed by atoms with Crippen LogP contribution >= 0.6 is 0 Å². The van der Waals surface area contributed by atoms with E-state index in [0.29, 0.717) is 0 Å². The summed E-state index contributed by atoms with van der Waals surface area (Å²) in [6, 6.07) is 2.07. The van der Waals surface area contributed by atoms with Crippen molar-refractivity contribution in [2.45, 2.75) is 12.8 Å². The molecule has 0 atom stereocenters. The largest absolute Gasteiger partial charge is 0.469 e. The lowest BCUT2D eigenvalue weighted by Gasteiger charge is -2.06. The van der Waals surface area contributed by atoms with Gasteiger partial charge in [0.25, 0.3) is 6.43 Å². The summed E-state index contributed by atoms with van der Waals surface area (Å²) < 4.78 is 42.6. The van der Waals surface area contributed by atoms with Crippen LogP contribution in [0.15, 0.2) is 6.07 Å². The standard InChI is InChI=1S/C10H7F3N2O2/c1-17-8(16)3-5-2-7(11)6(4-14)9(15-5)10(12)13/h2,10H,3H2,1H3. The van der Waals surface area contributed by atoms with E-state index >= 15 is 0 Å². The van der Waals surface area contributed by atoms with E-state index in [4.69, 9.17) is 5.26 Å². The summed E-state index contributed by atoms with van der Waals surface area (Å²) in [6.07, 6.45) is -3.52. The van der Waals surface area contributed by atoms with Crippen LogP contribution in [-0.2, 0) is 16.0 Å². The highest BCUT2D eigenvalue weighted by Crippen LogP contribution is 2.23. The Morgan fingerprint density at radius 2 is 2.29 bits per heavy atom. The predicted molar refractivity (Wildman–Crippen MR) is 49.6 cm³/mol. The van der Waals surface area contributed by atoms with Crippen LogP contribution in [0.2, 0.25) is 0 Å². The van der Waals surface area contributed by atoms with E-state index in [9.17, 15) is 18.0 Å². The van der Waals surface area contributed by atoms with Crippen molar-refractivity contribution in [3.63, 3.8) is 0 Å². The van der Waals surface area contributed by atoms with Crippen LogP contribution in [0.25, 0.3) is 0 Å². The first kappa shape index (κ1) is 13.0. The Bertz CT molecular complexity index is 483. The lowest BCUT2D eigenvalue weighted by atomic mass is 10.1. The highest BCUT2D eigenvalue weighted by atomic mass is 19.3. The Balaban J connectivity index is 3.21. The lowest BCUT2D eigenvalue weighted by Crippen LogP contribution is -2.09. The van der Waals surface area contributed by atoms with E-state index in [1.54, 1.807) is 0 Å². The second-order valence-electron chi connectivity index (χ2n) is 3.02. The summed E-state index contributed by atoms with van der Waals surface area (Å²) >= 11 is 0. The SMILES string of the molecule is COC(=O)Cc1cc(F)c(C#N)c(C(F)F)n1. The molecule has 0 fully saturated rings. The Morgan fingerprint density at radius 3 is 2.76 bits per heavy atom. The summed E-state index contributed by atoms with van der Waals surface area (Å²) in [5.41, 5.74) is -1.98. The molecule has 90 valence electrons. The van der Waals surface area contributed by atoms with Crippen LogP contribution in [0, 0.1) is 17.1 Å². The van der Waals surface area contributed by atoms with Gasteiger partial charge in [0.15, 0.2) is 0 Å². The van der Waals surface area contributed by atoms with Gasteiger partial charge in [0.2, 0.25) is 0 Å². The van der Waals surface area contributed by atoms with Gasteiger partial charge in [-0.2, -0.15) is 5.26 Å². The first-order chi connectivity index (χ1) is 7.99. The normalized spacial score (nSPS) is 10.1. The minimum absolute atomic E-state index is 0.205. The van der Waals surface area contributed by atoms with E-state index in [0.717, 1.165) is 13.2 Å². The van der Waals surface area contributed by atoms with Gasteiger partial charge in [0.05, 0.1) is 19.2 Å². The maximum atomic E-state index is 13.3. The number of carbonyl (C=O) groups is 1. The molecule has 17 heavy (non-hydrogen) atoms. The molecule has 1 heterocycles. The number of halogens is 3. The quantitative estimate of drug-likeness (QED) is 0.760. The van der Waals surface area contributed by atoms with Crippen molar-refractivity contribution in [1.82, 2.24) is 4.98 Å². The molecule has 0 N–H and O–H groups in total. The first-order valence-corrected chi connectivity index (χ1v) is 4.44. The molecule has 0 saturated carbocycles. The van der Waals surface area contributed by atoms with Gasteiger partial charge in [-0.25, -0.2) is 18.2 Å². The molecular weight excluding hydrogens is 237 g/mol. The molecule has 0 bridgehead atoms. The molecular formula is C10H7F3N2O2. The first-order valence-electron chi connectivity index (χ1n) is 4.44. The number of nitrogens with zero attached hydrogens (tertiary/aromatic N) is 2. The Hall–Kier alpha value is -2.10. The highest BCUT2D eigenvalue weighted by molar-refractivity contribution is 5.71. The molecule has 4 nitrogen and oxygen atoms in total. The van der Waals surface area contributed by atoms with Crippen molar-refractivity contribution in [2.75, 3.05) is 7.11 Å². The molecule has 0 spiro atoms. The average molecular weight is 244 g/mol. The Kier molecular flexibility index (Phi) is 4.04. The topological polar surface area (TPSA) is 63.0 Å². The monoisotopic (exact) mass is 244 g/mol. The molecule has 0 aliphatic heterocycles. The molecule has 0 amide bonds. The zero-order chi connectivity index (χ0) is 13.0. The number of rotatable bonds is 3. The van der Waals surface area contributed by atoms with Crippen molar-refractivity contribution in [3.8, 4) is 6.07 Å².